The molecule has 0 fully saturated rings. The summed E-state index contributed by atoms with van der Waals surface area (Å²) in [6, 6.07) is 20.8. The Morgan fingerprint density at radius 1 is 0.966 bits per heavy atom. The molecule has 3 aromatic carbocycles. The number of para-hydroxylation sites is 1. The van der Waals surface area contributed by atoms with Gasteiger partial charge in [-0.05, 0) is 41.5 Å². The monoisotopic (exact) mass is 425 g/mol. The van der Waals surface area contributed by atoms with Gasteiger partial charge >= 0.3 is 5.97 Å². The van der Waals surface area contributed by atoms with Crippen LogP contribution in [0.3, 0.4) is 0 Å². The number of carboxylic acid groups (broad SMARTS) is 1. The summed E-state index contributed by atoms with van der Waals surface area (Å²) in [5.74, 6) is 0.317. The maximum Gasteiger partial charge on any atom is 0.307 e. The van der Waals surface area contributed by atoms with Crippen molar-refractivity contribution in [2.45, 2.75) is 13.0 Å². The fourth-order valence-corrected chi connectivity index (χ4v) is 3.64. The first kappa shape index (κ1) is 19.4. The first-order valence-corrected chi connectivity index (χ1v) is 9.76. The van der Waals surface area contributed by atoms with E-state index in [1.807, 2.05) is 54.7 Å². The highest BCUT2D eigenvalue weighted by molar-refractivity contribution is 6.42. The van der Waals surface area contributed by atoms with Crippen LogP contribution < -0.4 is 4.74 Å². The van der Waals surface area contributed by atoms with Gasteiger partial charge in [0.25, 0.3) is 0 Å². The number of aromatic nitrogens is 1. The van der Waals surface area contributed by atoms with Crippen molar-refractivity contribution in [2.75, 3.05) is 0 Å². The number of fused-ring (bicyclic) bond motifs is 1. The summed E-state index contributed by atoms with van der Waals surface area (Å²) in [4.78, 5) is 11.2. The van der Waals surface area contributed by atoms with E-state index in [0.717, 1.165) is 22.0 Å². The zero-order valence-corrected chi connectivity index (χ0v) is 16.8. The summed E-state index contributed by atoms with van der Waals surface area (Å²) in [5.41, 5.74) is 2.88. The molecule has 146 valence electrons. The van der Waals surface area contributed by atoms with Crippen LogP contribution in [0.25, 0.3) is 10.9 Å². The molecule has 0 saturated carbocycles. The van der Waals surface area contributed by atoms with E-state index in [9.17, 15) is 9.90 Å². The summed E-state index contributed by atoms with van der Waals surface area (Å²) in [7, 11) is 0. The number of nitrogens with zero attached hydrogens (tertiary/aromatic N) is 1. The van der Waals surface area contributed by atoms with Crippen LogP contribution in [0.5, 0.6) is 11.5 Å². The Morgan fingerprint density at radius 3 is 2.48 bits per heavy atom. The Morgan fingerprint density at radius 2 is 1.72 bits per heavy atom. The van der Waals surface area contributed by atoms with Crippen LogP contribution in [0.1, 0.15) is 11.1 Å². The summed E-state index contributed by atoms with van der Waals surface area (Å²) < 4.78 is 7.89. The van der Waals surface area contributed by atoms with Gasteiger partial charge in [0.1, 0.15) is 16.5 Å². The topological polar surface area (TPSA) is 51.5 Å². The van der Waals surface area contributed by atoms with Crippen molar-refractivity contribution in [1.29, 1.82) is 0 Å². The quantitative estimate of drug-likeness (QED) is 0.387. The van der Waals surface area contributed by atoms with Gasteiger partial charge in [0, 0.05) is 23.6 Å². The Bertz CT molecular complexity index is 1180. The molecule has 4 aromatic rings. The average Bonchev–Trinajstić information content (AvgIpc) is 3.04. The molecule has 0 atom stereocenters. The zero-order valence-electron chi connectivity index (χ0n) is 15.3. The van der Waals surface area contributed by atoms with Gasteiger partial charge in [-0.2, -0.15) is 0 Å². The minimum absolute atomic E-state index is 0.000680. The minimum Gasteiger partial charge on any atom is -0.481 e. The van der Waals surface area contributed by atoms with E-state index in [0.29, 0.717) is 28.1 Å². The Hall–Kier alpha value is -2.95. The van der Waals surface area contributed by atoms with E-state index in [2.05, 4.69) is 4.57 Å². The third-order valence-corrected chi connectivity index (χ3v) is 5.43. The largest absolute Gasteiger partial charge is 0.481 e. The summed E-state index contributed by atoms with van der Waals surface area (Å²) in [6.45, 7) is 0.623. The molecule has 0 spiro atoms. The Labute approximate surface area is 177 Å². The van der Waals surface area contributed by atoms with Crippen LogP contribution in [0.2, 0.25) is 10.0 Å². The number of benzene rings is 3. The van der Waals surface area contributed by atoms with Gasteiger partial charge in [-0.15, -0.1) is 0 Å². The summed E-state index contributed by atoms with van der Waals surface area (Å²) >= 11 is 12.2. The lowest BCUT2D eigenvalue weighted by molar-refractivity contribution is -0.136. The molecule has 0 aliphatic rings. The highest BCUT2D eigenvalue weighted by Gasteiger charge is 2.12. The molecule has 1 N–H and O–H groups in total. The second kappa shape index (κ2) is 8.19. The highest BCUT2D eigenvalue weighted by Crippen LogP contribution is 2.34. The van der Waals surface area contributed by atoms with E-state index < -0.39 is 5.97 Å². The van der Waals surface area contributed by atoms with Gasteiger partial charge in [-0.1, -0.05) is 59.6 Å². The van der Waals surface area contributed by atoms with Crippen LogP contribution >= 0.6 is 23.2 Å². The number of ether oxygens (including phenoxy) is 1. The maximum atomic E-state index is 11.2. The standard InChI is InChI=1S/C23H17Cl2NO3/c24-19-5-3-7-21(23(19)25)29-17-10-8-15(9-11-17)13-26-14-16(12-22(27)28)18-4-1-2-6-20(18)26/h1-11,14H,12-13H2,(H,27,28). The molecule has 0 aliphatic heterocycles. The average molecular weight is 426 g/mol. The fraction of sp³-hybridized carbons (Fsp3) is 0.0870. The Balaban J connectivity index is 1.56. The number of halogens is 2. The maximum absolute atomic E-state index is 11.2. The van der Waals surface area contributed by atoms with E-state index in [4.69, 9.17) is 27.9 Å². The lowest BCUT2D eigenvalue weighted by Crippen LogP contribution is -2.00. The van der Waals surface area contributed by atoms with Gasteiger partial charge in [-0.3, -0.25) is 4.79 Å². The van der Waals surface area contributed by atoms with Crippen molar-refractivity contribution in [3.63, 3.8) is 0 Å². The van der Waals surface area contributed by atoms with Crippen molar-refractivity contribution in [2.24, 2.45) is 0 Å². The molecule has 29 heavy (non-hydrogen) atoms. The van der Waals surface area contributed by atoms with E-state index >= 15 is 0 Å². The SMILES string of the molecule is O=C(O)Cc1cn(Cc2ccc(Oc3cccc(Cl)c3Cl)cc2)c2ccccc12. The molecule has 0 aliphatic carbocycles. The van der Waals surface area contributed by atoms with E-state index in [-0.39, 0.29) is 6.42 Å². The normalized spacial score (nSPS) is 11.0. The minimum atomic E-state index is -0.839. The predicted octanol–water partition coefficient (Wildman–Crippen LogP) is 6.42. The summed E-state index contributed by atoms with van der Waals surface area (Å²) in [6.07, 6.45) is 1.91. The van der Waals surface area contributed by atoms with Crippen LogP contribution in [-0.2, 0) is 17.8 Å². The number of carbonyl (C=O) groups is 1. The second-order valence-corrected chi connectivity index (χ2v) is 7.45. The van der Waals surface area contributed by atoms with Gasteiger partial charge in [0.05, 0.1) is 11.4 Å². The third-order valence-electron chi connectivity index (χ3n) is 4.63. The number of aliphatic carboxylic acids is 1. The van der Waals surface area contributed by atoms with Crippen molar-refractivity contribution in [1.82, 2.24) is 4.57 Å². The van der Waals surface area contributed by atoms with Crippen LogP contribution in [0.4, 0.5) is 0 Å². The first-order chi connectivity index (χ1) is 14.0. The molecule has 0 amide bonds. The van der Waals surface area contributed by atoms with Crippen molar-refractivity contribution in [3.05, 3.63) is 94.1 Å². The molecule has 1 aromatic heterocycles. The van der Waals surface area contributed by atoms with Gasteiger partial charge < -0.3 is 14.4 Å². The molecule has 0 unspecified atom stereocenters. The van der Waals surface area contributed by atoms with Crippen LogP contribution in [-0.4, -0.2) is 15.6 Å². The van der Waals surface area contributed by atoms with Crippen molar-refractivity contribution in [3.8, 4) is 11.5 Å². The smallest absolute Gasteiger partial charge is 0.307 e. The van der Waals surface area contributed by atoms with Crippen molar-refractivity contribution >= 4 is 40.1 Å². The van der Waals surface area contributed by atoms with Crippen molar-refractivity contribution < 1.29 is 14.6 Å². The second-order valence-electron chi connectivity index (χ2n) is 6.67. The van der Waals surface area contributed by atoms with Crippen LogP contribution in [0.15, 0.2) is 72.9 Å². The fourth-order valence-electron chi connectivity index (χ4n) is 3.31. The first-order valence-electron chi connectivity index (χ1n) is 9.00. The molecular weight excluding hydrogens is 409 g/mol. The van der Waals surface area contributed by atoms with Crippen LogP contribution in [0, 0.1) is 0 Å². The molecular formula is C23H17Cl2NO3. The van der Waals surface area contributed by atoms with Gasteiger partial charge in [0.15, 0.2) is 0 Å². The molecule has 0 bridgehead atoms. The molecule has 1 heterocycles. The Kier molecular flexibility index (Phi) is 5.47. The number of carboxylic acids is 1. The summed E-state index contributed by atoms with van der Waals surface area (Å²) in [5, 5.41) is 11.0. The number of rotatable bonds is 6. The van der Waals surface area contributed by atoms with Gasteiger partial charge in [0.2, 0.25) is 0 Å². The molecule has 6 heteroatoms. The zero-order chi connectivity index (χ0) is 20.4. The predicted molar refractivity (Wildman–Crippen MR) is 115 cm³/mol. The number of hydrogen-bond acceptors (Lipinski definition) is 2. The number of hydrogen-bond donors (Lipinski definition) is 1. The molecule has 4 nitrogen and oxygen atoms in total. The van der Waals surface area contributed by atoms with Gasteiger partial charge in [-0.25, -0.2) is 0 Å². The molecule has 4 rings (SSSR count). The van der Waals surface area contributed by atoms with E-state index in [1.165, 1.54) is 0 Å². The molecule has 0 saturated heterocycles. The lowest BCUT2D eigenvalue weighted by Gasteiger charge is -2.10. The third kappa shape index (κ3) is 4.24. The van der Waals surface area contributed by atoms with E-state index in [1.54, 1.807) is 18.2 Å². The molecule has 0 radical (unpaired) electrons. The lowest BCUT2D eigenvalue weighted by atomic mass is 10.1. The highest BCUT2D eigenvalue weighted by atomic mass is 35.5.